The molecular formula is C15H15Cl3O4. The van der Waals surface area contributed by atoms with E-state index in [0.717, 1.165) is 0 Å². The van der Waals surface area contributed by atoms with Gasteiger partial charge in [-0.3, -0.25) is 9.59 Å². The predicted octanol–water partition coefficient (Wildman–Crippen LogP) is 4.22. The van der Waals surface area contributed by atoms with Crippen LogP contribution in [0.3, 0.4) is 0 Å². The van der Waals surface area contributed by atoms with E-state index in [0.29, 0.717) is 24.0 Å². The molecule has 0 saturated heterocycles. The van der Waals surface area contributed by atoms with Gasteiger partial charge in [0.1, 0.15) is 22.3 Å². The number of rotatable bonds is 5. The van der Waals surface area contributed by atoms with Crippen LogP contribution in [-0.4, -0.2) is 28.3 Å². The van der Waals surface area contributed by atoms with Gasteiger partial charge in [0.15, 0.2) is 5.78 Å². The van der Waals surface area contributed by atoms with Crippen LogP contribution < -0.4 is 4.74 Å². The number of benzene rings is 1. The smallest absolute Gasteiger partial charge is 0.309 e. The van der Waals surface area contributed by atoms with E-state index in [1.165, 1.54) is 6.92 Å². The summed E-state index contributed by atoms with van der Waals surface area (Å²) < 4.78 is 5.45. The SMILES string of the molecule is CCC1(Cl)Cc2cc(OCC(C)C(=O)O)c(Cl)c(Cl)c2C1=O. The number of halogens is 3. The van der Waals surface area contributed by atoms with Gasteiger partial charge < -0.3 is 9.84 Å². The van der Waals surface area contributed by atoms with Crippen LogP contribution in [0.15, 0.2) is 6.07 Å². The van der Waals surface area contributed by atoms with Crippen molar-refractivity contribution in [1.29, 1.82) is 0 Å². The van der Waals surface area contributed by atoms with Crippen LogP contribution in [0.4, 0.5) is 0 Å². The zero-order valence-corrected chi connectivity index (χ0v) is 14.3. The zero-order valence-electron chi connectivity index (χ0n) is 12.1. The summed E-state index contributed by atoms with van der Waals surface area (Å²) >= 11 is 18.7. The van der Waals surface area contributed by atoms with E-state index in [2.05, 4.69) is 0 Å². The van der Waals surface area contributed by atoms with Gasteiger partial charge in [0.2, 0.25) is 0 Å². The number of Topliss-reactive ketones (excluding diaryl/α,β-unsaturated/α-hetero) is 1. The number of hydrogen-bond acceptors (Lipinski definition) is 3. The van der Waals surface area contributed by atoms with E-state index >= 15 is 0 Å². The molecular weight excluding hydrogens is 351 g/mol. The fourth-order valence-electron chi connectivity index (χ4n) is 2.32. The maximum atomic E-state index is 12.4. The first-order chi connectivity index (χ1) is 10.2. The molecule has 0 aromatic heterocycles. The molecule has 120 valence electrons. The van der Waals surface area contributed by atoms with Gasteiger partial charge in [0, 0.05) is 5.56 Å². The summed E-state index contributed by atoms with van der Waals surface area (Å²) in [5.74, 6) is -1.62. The molecule has 0 radical (unpaired) electrons. The Bertz CT molecular complexity index is 644. The summed E-state index contributed by atoms with van der Waals surface area (Å²) in [4.78, 5) is 22.2. The Hall–Kier alpha value is -0.970. The Morgan fingerprint density at radius 1 is 1.45 bits per heavy atom. The minimum atomic E-state index is -0.998. The minimum absolute atomic E-state index is 0.0437. The first-order valence-corrected chi connectivity index (χ1v) is 7.94. The van der Waals surface area contributed by atoms with Gasteiger partial charge in [-0.15, -0.1) is 11.6 Å². The van der Waals surface area contributed by atoms with Crippen molar-refractivity contribution in [2.75, 3.05) is 6.61 Å². The minimum Gasteiger partial charge on any atom is -0.491 e. The van der Waals surface area contributed by atoms with Crippen LogP contribution in [0, 0.1) is 5.92 Å². The lowest BCUT2D eigenvalue weighted by atomic mass is 10.0. The second-order valence-corrected chi connectivity index (χ2v) is 6.89. The maximum absolute atomic E-state index is 12.4. The number of carboxylic acid groups (broad SMARTS) is 1. The van der Waals surface area contributed by atoms with Crippen molar-refractivity contribution in [3.63, 3.8) is 0 Å². The molecule has 22 heavy (non-hydrogen) atoms. The monoisotopic (exact) mass is 364 g/mol. The van der Waals surface area contributed by atoms with Gasteiger partial charge in [0.05, 0.1) is 10.9 Å². The molecule has 2 unspecified atom stereocenters. The maximum Gasteiger partial charge on any atom is 0.309 e. The number of ether oxygens (including phenoxy) is 1. The van der Waals surface area contributed by atoms with Crippen molar-refractivity contribution in [3.8, 4) is 5.75 Å². The van der Waals surface area contributed by atoms with Gasteiger partial charge in [0.25, 0.3) is 0 Å². The molecule has 1 N–H and O–H groups in total. The number of hydrogen-bond donors (Lipinski definition) is 1. The highest BCUT2D eigenvalue weighted by Gasteiger charge is 2.44. The van der Waals surface area contributed by atoms with E-state index in [4.69, 9.17) is 44.6 Å². The predicted molar refractivity (Wildman–Crippen MR) is 85.7 cm³/mol. The first kappa shape index (κ1) is 17.4. The van der Waals surface area contributed by atoms with Gasteiger partial charge in [-0.1, -0.05) is 30.1 Å². The van der Waals surface area contributed by atoms with E-state index < -0.39 is 16.8 Å². The molecule has 4 nitrogen and oxygen atoms in total. The molecule has 7 heteroatoms. The lowest BCUT2D eigenvalue weighted by Crippen LogP contribution is -2.27. The highest BCUT2D eigenvalue weighted by molar-refractivity contribution is 6.48. The first-order valence-electron chi connectivity index (χ1n) is 6.81. The average molecular weight is 366 g/mol. The number of aliphatic carboxylic acids is 1. The Morgan fingerprint density at radius 2 is 2.09 bits per heavy atom. The molecule has 2 atom stereocenters. The summed E-state index contributed by atoms with van der Waals surface area (Å²) in [5.41, 5.74) is 1.01. The quantitative estimate of drug-likeness (QED) is 0.794. The van der Waals surface area contributed by atoms with Crippen LogP contribution in [0.1, 0.15) is 36.2 Å². The number of ketones is 1. The molecule has 0 spiro atoms. The zero-order chi connectivity index (χ0) is 16.7. The Balaban J connectivity index is 2.35. The lowest BCUT2D eigenvalue weighted by Gasteiger charge is -2.15. The van der Waals surface area contributed by atoms with Crippen molar-refractivity contribution in [2.45, 2.75) is 31.6 Å². The third-order valence-electron chi connectivity index (χ3n) is 3.83. The largest absolute Gasteiger partial charge is 0.491 e. The molecule has 0 heterocycles. The Morgan fingerprint density at radius 3 is 2.64 bits per heavy atom. The van der Waals surface area contributed by atoms with Crippen LogP contribution >= 0.6 is 34.8 Å². The van der Waals surface area contributed by atoms with Crippen LogP contribution in [0.2, 0.25) is 10.0 Å². The summed E-state index contributed by atoms with van der Waals surface area (Å²) in [6.45, 7) is 3.31. The number of alkyl halides is 1. The van der Waals surface area contributed by atoms with Gasteiger partial charge in [-0.2, -0.15) is 0 Å². The number of carboxylic acids is 1. The molecule has 0 bridgehead atoms. The van der Waals surface area contributed by atoms with Crippen LogP contribution in [-0.2, 0) is 11.2 Å². The van der Waals surface area contributed by atoms with E-state index in [-0.39, 0.29) is 28.2 Å². The molecule has 2 rings (SSSR count). The third-order valence-corrected chi connectivity index (χ3v) is 5.25. The Labute approximate surface area is 143 Å². The van der Waals surface area contributed by atoms with Crippen LogP contribution in [0.5, 0.6) is 5.75 Å². The molecule has 1 aromatic carbocycles. The van der Waals surface area contributed by atoms with Gasteiger partial charge in [-0.25, -0.2) is 0 Å². The third kappa shape index (κ3) is 2.92. The van der Waals surface area contributed by atoms with Gasteiger partial charge >= 0.3 is 5.97 Å². The fraction of sp³-hybridized carbons (Fsp3) is 0.467. The number of fused-ring (bicyclic) bond motifs is 1. The fourth-order valence-corrected chi connectivity index (χ4v) is 3.06. The standard InChI is InChI=1S/C15H15Cl3O4/c1-3-15(18)5-8-4-9(22-6-7(2)14(20)21)11(16)12(17)10(8)13(15)19/h4,7H,3,5-6H2,1-2H3,(H,20,21). The normalized spacial score (nSPS) is 21.6. The molecule has 0 aliphatic heterocycles. The topological polar surface area (TPSA) is 63.6 Å². The second kappa shape index (κ2) is 6.26. The second-order valence-electron chi connectivity index (χ2n) is 5.41. The summed E-state index contributed by atoms with van der Waals surface area (Å²) in [5, 5.41) is 9.08. The van der Waals surface area contributed by atoms with Crippen molar-refractivity contribution in [1.82, 2.24) is 0 Å². The molecule has 1 aliphatic rings. The van der Waals surface area contributed by atoms with Crippen molar-refractivity contribution in [2.24, 2.45) is 5.92 Å². The van der Waals surface area contributed by atoms with E-state index in [9.17, 15) is 9.59 Å². The van der Waals surface area contributed by atoms with Gasteiger partial charge in [-0.05, 0) is 31.4 Å². The molecule has 1 aromatic rings. The number of carbonyl (C=O) groups is 2. The van der Waals surface area contributed by atoms with Crippen LogP contribution in [0.25, 0.3) is 0 Å². The van der Waals surface area contributed by atoms with E-state index in [1.807, 2.05) is 6.92 Å². The summed E-state index contributed by atoms with van der Waals surface area (Å²) in [6, 6.07) is 1.62. The molecule has 0 fully saturated rings. The Kier molecular flexibility index (Phi) is 4.95. The lowest BCUT2D eigenvalue weighted by molar-refractivity contribution is -0.142. The summed E-state index contributed by atoms with van der Waals surface area (Å²) in [7, 11) is 0. The highest BCUT2D eigenvalue weighted by atomic mass is 35.5. The van der Waals surface area contributed by atoms with Crippen molar-refractivity contribution in [3.05, 3.63) is 27.2 Å². The van der Waals surface area contributed by atoms with Crippen molar-refractivity contribution < 1.29 is 19.4 Å². The average Bonchev–Trinajstić information content (AvgIpc) is 2.73. The van der Waals surface area contributed by atoms with E-state index in [1.54, 1.807) is 6.07 Å². The molecule has 0 saturated carbocycles. The number of carbonyl (C=O) groups excluding carboxylic acids is 1. The molecule has 1 aliphatic carbocycles. The molecule has 0 amide bonds. The highest BCUT2D eigenvalue weighted by Crippen LogP contribution is 2.46. The van der Waals surface area contributed by atoms with Crippen molar-refractivity contribution >= 4 is 46.6 Å². The summed E-state index contributed by atoms with van der Waals surface area (Å²) in [6.07, 6.45) is 0.823.